The molecule has 0 atom stereocenters. The van der Waals surface area contributed by atoms with Gasteiger partial charge in [-0.2, -0.15) is 5.26 Å². The molecule has 1 aromatic heterocycles. The molecule has 1 aromatic carbocycles. The van der Waals surface area contributed by atoms with Crippen LogP contribution in [-0.2, 0) is 11.2 Å². The number of aromatic hydroxyl groups is 1. The van der Waals surface area contributed by atoms with Gasteiger partial charge < -0.3 is 10.2 Å². The number of carboxylic acid groups (broad SMARTS) is 1. The summed E-state index contributed by atoms with van der Waals surface area (Å²) in [6.45, 7) is 0. The average molecular weight is 310 g/mol. The van der Waals surface area contributed by atoms with Gasteiger partial charge in [-0.05, 0) is 11.6 Å². The van der Waals surface area contributed by atoms with Crippen molar-refractivity contribution in [3.63, 3.8) is 0 Å². The van der Waals surface area contributed by atoms with Gasteiger partial charge in [-0.3, -0.25) is 9.59 Å². The van der Waals surface area contributed by atoms with Crippen LogP contribution in [0, 0.1) is 11.3 Å². The minimum Gasteiger partial charge on any atom is -0.504 e. The molecule has 6 nitrogen and oxygen atoms in total. The third-order valence-corrected chi connectivity index (χ3v) is 3.22. The normalized spacial score (nSPS) is 10.0. The third kappa shape index (κ3) is 4.14. The number of aliphatic carboxylic acids is 1. The van der Waals surface area contributed by atoms with Crippen molar-refractivity contribution in [3.8, 4) is 11.8 Å². The van der Waals surface area contributed by atoms with E-state index in [9.17, 15) is 14.7 Å². The maximum Gasteiger partial charge on any atom is 0.303 e. The minimum atomic E-state index is -1.11. The molecule has 0 spiro atoms. The number of pyridine rings is 1. The van der Waals surface area contributed by atoms with Crippen molar-refractivity contribution < 1.29 is 19.8 Å². The number of nitrogens with zero attached hydrogens (tertiary/aromatic N) is 2. The molecule has 0 amide bonds. The molecule has 0 radical (unpaired) electrons. The summed E-state index contributed by atoms with van der Waals surface area (Å²) >= 11 is 0. The van der Waals surface area contributed by atoms with Crippen molar-refractivity contribution in [1.82, 2.24) is 4.98 Å². The van der Waals surface area contributed by atoms with Crippen LogP contribution in [0.5, 0.6) is 5.75 Å². The Kier molecular flexibility index (Phi) is 5.05. The van der Waals surface area contributed by atoms with Gasteiger partial charge in [-0.25, -0.2) is 4.98 Å². The zero-order chi connectivity index (χ0) is 16.8. The van der Waals surface area contributed by atoms with Crippen molar-refractivity contribution >= 4 is 11.8 Å². The first kappa shape index (κ1) is 16.2. The van der Waals surface area contributed by atoms with Gasteiger partial charge in [0.25, 0.3) is 0 Å². The van der Waals surface area contributed by atoms with Crippen LogP contribution in [0.4, 0.5) is 0 Å². The fourth-order valence-electron chi connectivity index (χ4n) is 2.11. The van der Waals surface area contributed by atoms with Crippen molar-refractivity contribution in [2.24, 2.45) is 0 Å². The molecule has 0 saturated carbocycles. The van der Waals surface area contributed by atoms with Crippen LogP contribution in [0.15, 0.2) is 36.4 Å². The molecule has 0 bridgehead atoms. The van der Waals surface area contributed by atoms with Gasteiger partial charge >= 0.3 is 5.97 Å². The maximum atomic E-state index is 12.0. The van der Waals surface area contributed by atoms with E-state index in [1.165, 1.54) is 6.07 Å². The number of Topliss-reactive ketones (excluding diaryl/α,β-unsaturated/α-hetero) is 1. The number of aromatic nitrogens is 1. The van der Waals surface area contributed by atoms with Crippen LogP contribution >= 0.6 is 0 Å². The second kappa shape index (κ2) is 7.18. The number of ketones is 1. The summed E-state index contributed by atoms with van der Waals surface area (Å²) in [6.07, 6.45) is -0.241. The quantitative estimate of drug-likeness (QED) is 0.792. The fraction of sp³-hybridized carbons (Fsp3) is 0.176. The molecular formula is C17H14N2O4. The summed E-state index contributed by atoms with van der Waals surface area (Å²) in [4.78, 5) is 26.7. The number of nitriles is 1. The highest BCUT2D eigenvalue weighted by Gasteiger charge is 2.19. The van der Waals surface area contributed by atoms with Gasteiger partial charge in [0.15, 0.2) is 11.5 Å². The molecule has 1 heterocycles. The van der Waals surface area contributed by atoms with E-state index in [1.54, 1.807) is 0 Å². The highest BCUT2D eigenvalue weighted by molar-refractivity contribution is 5.98. The molecule has 116 valence electrons. The van der Waals surface area contributed by atoms with E-state index in [0.29, 0.717) is 12.1 Å². The van der Waals surface area contributed by atoms with Crippen LogP contribution in [0.3, 0.4) is 0 Å². The van der Waals surface area contributed by atoms with Crippen molar-refractivity contribution in [2.75, 3.05) is 0 Å². The molecule has 0 aliphatic carbocycles. The molecule has 0 aliphatic heterocycles. The summed E-state index contributed by atoms with van der Waals surface area (Å²) in [7, 11) is 0. The highest BCUT2D eigenvalue weighted by Crippen LogP contribution is 2.24. The Morgan fingerprint density at radius 3 is 2.48 bits per heavy atom. The monoisotopic (exact) mass is 310 g/mol. The second-order valence-electron chi connectivity index (χ2n) is 4.95. The number of hydrogen-bond acceptors (Lipinski definition) is 5. The van der Waals surface area contributed by atoms with Gasteiger partial charge in [0.05, 0.1) is 12.0 Å². The van der Waals surface area contributed by atoms with Crippen molar-refractivity contribution in [3.05, 3.63) is 58.9 Å². The number of carbonyl (C=O) groups is 2. The molecule has 0 fully saturated rings. The summed E-state index contributed by atoms with van der Waals surface area (Å²) in [5.74, 6) is -2.21. The van der Waals surface area contributed by atoms with E-state index in [-0.39, 0.29) is 24.1 Å². The topological polar surface area (TPSA) is 111 Å². The van der Waals surface area contributed by atoms with Gasteiger partial charge in [-0.1, -0.05) is 30.3 Å². The van der Waals surface area contributed by atoms with E-state index in [2.05, 4.69) is 4.98 Å². The number of hydrogen-bond donors (Lipinski definition) is 2. The van der Waals surface area contributed by atoms with Crippen LogP contribution in [0.2, 0.25) is 0 Å². The van der Waals surface area contributed by atoms with E-state index >= 15 is 0 Å². The standard InChI is InChI=1S/C17H14N2O4/c18-10-12-9-13(8-11-4-2-1-3-5-11)19-16(17(12)23)14(20)6-7-15(21)22/h1-5,9,23H,6-8H2,(H,21,22). The molecule has 2 N–H and O–H groups in total. The van der Waals surface area contributed by atoms with Gasteiger partial charge in [-0.15, -0.1) is 0 Å². The van der Waals surface area contributed by atoms with Crippen LogP contribution < -0.4 is 0 Å². The molecule has 2 rings (SSSR count). The Bertz CT molecular complexity index is 779. The third-order valence-electron chi connectivity index (χ3n) is 3.22. The lowest BCUT2D eigenvalue weighted by Crippen LogP contribution is -2.09. The number of carbonyl (C=O) groups excluding carboxylic acids is 1. The Labute approximate surface area is 132 Å². The van der Waals surface area contributed by atoms with Gasteiger partial charge in [0.1, 0.15) is 11.8 Å². The Morgan fingerprint density at radius 2 is 1.87 bits per heavy atom. The number of carboxylic acids is 1. The first-order chi connectivity index (χ1) is 11.0. The van der Waals surface area contributed by atoms with Gasteiger partial charge in [0.2, 0.25) is 0 Å². The van der Waals surface area contributed by atoms with E-state index in [0.717, 1.165) is 5.56 Å². The number of benzene rings is 1. The summed E-state index contributed by atoms with van der Waals surface area (Å²) in [5.41, 5.74) is 1.10. The molecule has 23 heavy (non-hydrogen) atoms. The summed E-state index contributed by atoms with van der Waals surface area (Å²) < 4.78 is 0. The Balaban J connectivity index is 2.34. The zero-order valence-electron chi connectivity index (χ0n) is 12.2. The van der Waals surface area contributed by atoms with E-state index in [4.69, 9.17) is 10.4 Å². The van der Waals surface area contributed by atoms with Crippen molar-refractivity contribution in [1.29, 1.82) is 5.26 Å². The highest BCUT2D eigenvalue weighted by atomic mass is 16.4. The lowest BCUT2D eigenvalue weighted by atomic mass is 10.0. The van der Waals surface area contributed by atoms with Crippen molar-refractivity contribution in [2.45, 2.75) is 19.3 Å². The Hall–Kier alpha value is -3.20. The van der Waals surface area contributed by atoms with Crippen LogP contribution in [0.1, 0.15) is 40.2 Å². The SMILES string of the molecule is N#Cc1cc(Cc2ccccc2)nc(C(=O)CCC(=O)O)c1O. The lowest BCUT2D eigenvalue weighted by molar-refractivity contribution is -0.136. The largest absolute Gasteiger partial charge is 0.504 e. The molecular weight excluding hydrogens is 296 g/mol. The molecule has 0 aliphatic rings. The van der Waals surface area contributed by atoms with E-state index in [1.807, 2.05) is 36.4 Å². The predicted octanol–water partition coefficient (Wildman–Crippen LogP) is 2.30. The average Bonchev–Trinajstić information content (AvgIpc) is 2.55. The van der Waals surface area contributed by atoms with Crippen LogP contribution in [-0.4, -0.2) is 26.9 Å². The number of rotatable bonds is 6. The summed E-state index contributed by atoms with van der Waals surface area (Å²) in [5, 5.41) is 27.7. The zero-order valence-corrected chi connectivity index (χ0v) is 12.2. The second-order valence-corrected chi connectivity index (χ2v) is 4.95. The fourth-order valence-corrected chi connectivity index (χ4v) is 2.11. The van der Waals surface area contributed by atoms with E-state index < -0.39 is 17.5 Å². The predicted molar refractivity (Wildman–Crippen MR) is 81.1 cm³/mol. The smallest absolute Gasteiger partial charge is 0.303 e. The first-order valence-corrected chi connectivity index (χ1v) is 6.93. The molecule has 0 saturated heterocycles. The maximum absolute atomic E-state index is 12.0. The molecule has 0 unspecified atom stereocenters. The molecule has 6 heteroatoms. The Morgan fingerprint density at radius 1 is 1.17 bits per heavy atom. The minimum absolute atomic E-state index is 0.0513. The lowest BCUT2D eigenvalue weighted by Gasteiger charge is -2.08. The molecule has 2 aromatic rings. The van der Waals surface area contributed by atoms with Crippen LogP contribution in [0.25, 0.3) is 0 Å². The summed E-state index contributed by atoms with van der Waals surface area (Å²) in [6, 6.07) is 12.6. The van der Waals surface area contributed by atoms with Gasteiger partial charge in [0, 0.05) is 18.5 Å². The first-order valence-electron chi connectivity index (χ1n) is 6.93.